The second-order valence-corrected chi connectivity index (χ2v) is 6.44. The summed E-state index contributed by atoms with van der Waals surface area (Å²) in [7, 11) is 1.59. The van der Waals surface area contributed by atoms with Crippen molar-refractivity contribution in [3.8, 4) is 28.7 Å². The van der Waals surface area contributed by atoms with Gasteiger partial charge in [-0.3, -0.25) is 4.79 Å². The predicted octanol–water partition coefficient (Wildman–Crippen LogP) is 3.20. The largest absolute Gasteiger partial charge is 0.497 e. The van der Waals surface area contributed by atoms with Gasteiger partial charge >= 0.3 is 0 Å². The smallest absolute Gasteiger partial charge is 0.277 e. The Morgan fingerprint density at radius 2 is 2.07 bits per heavy atom. The summed E-state index contributed by atoms with van der Waals surface area (Å²) in [5, 5.41) is 11.1. The molecule has 0 atom stereocenters. The lowest BCUT2D eigenvalue weighted by Crippen LogP contribution is -2.13. The number of thioether (sulfide) groups is 1. The number of aromatic nitrogens is 2. The molecule has 0 aliphatic carbocycles. The van der Waals surface area contributed by atoms with Crippen LogP contribution in [0.2, 0.25) is 0 Å². The van der Waals surface area contributed by atoms with Crippen LogP contribution in [0, 0.1) is 0 Å². The lowest BCUT2D eigenvalue weighted by atomic mass is 10.2. The summed E-state index contributed by atoms with van der Waals surface area (Å²) in [5.74, 6) is 2.28. The molecule has 27 heavy (non-hydrogen) atoms. The van der Waals surface area contributed by atoms with E-state index in [0.717, 1.165) is 17.3 Å². The fourth-order valence-corrected chi connectivity index (χ4v) is 3.00. The molecule has 8 nitrogen and oxygen atoms in total. The average Bonchev–Trinajstić information content (AvgIpc) is 3.35. The quantitative estimate of drug-likeness (QED) is 0.646. The zero-order valence-corrected chi connectivity index (χ0v) is 15.1. The van der Waals surface area contributed by atoms with Crippen molar-refractivity contribution in [1.82, 2.24) is 10.2 Å². The van der Waals surface area contributed by atoms with E-state index in [9.17, 15) is 4.79 Å². The predicted molar refractivity (Wildman–Crippen MR) is 98.2 cm³/mol. The minimum absolute atomic E-state index is 0.133. The van der Waals surface area contributed by atoms with E-state index in [-0.39, 0.29) is 18.5 Å². The summed E-state index contributed by atoms with van der Waals surface area (Å²) in [6, 6.07) is 12.5. The van der Waals surface area contributed by atoms with Crippen LogP contribution in [-0.4, -0.2) is 35.8 Å². The molecule has 0 saturated heterocycles. The molecule has 9 heteroatoms. The molecule has 4 rings (SSSR count). The highest BCUT2D eigenvalue weighted by molar-refractivity contribution is 7.99. The van der Waals surface area contributed by atoms with Gasteiger partial charge in [0.15, 0.2) is 11.5 Å². The standard InChI is InChI=1S/C18H15N3O5S/c1-23-13-4-2-3-11(7-13)17-20-21-18(26-17)27-9-16(22)19-12-5-6-14-15(8-12)25-10-24-14/h2-8H,9-10H2,1H3,(H,19,22). The van der Waals surface area contributed by atoms with Crippen LogP contribution in [-0.2, 0) is 4.79 Å². The van der Waals surface area contributed by atoms with E-state index >= 15 is 0 Å². The van der Waals surface area contributed by atoms with Gasteiger partial charge in [-0.2, -0.15) is 0 Å². The van der Waals surface area contributed by atoms with Gasteiger partial charge in [0, 0.05) is 17.3 Å². The van der Waals surface area contributed by atoms with E-state index in [0.29, 0.717) is 34.0 Å². The first-order valence-electron chi connectivity index (χ1n) is 8.01. The zero-order valence-electron chi connectivity index (χ0n) is 14.3. The van der Waals surface area contributed by atoms with Crippen molar-refractivity contribution in [2.24, 2.45) is 0 Å². The molecule has 1 N–H and O–H groups in total. The number of anilines is 1. The number of amides is 1. The fraction of sp³-hybridized carbons (Fsp3) is 0.167. The second-order valence-electron chi connectivity index (χ2n) is 5.51. The van der Waals surface area contributed by atoms with Crippen LogP contribution in [0.3, 0.4) is 0 Å². The van der Waals surface area contributed by atoms with Crippen molar-refractivity contribution in [2.45, 2.75) is 5.22 Å². The molecule has 138 valence electrons. The Morgan fingerprint density at radius 1 is 1.19 bits per heavy atom. The minimum atomic E-state index is -0.194. The molecule has 0 bridgehead atoms. The summed E-state index contributed by atoms with van der Waals surface area (Å²) >= 11 is 1.16. The molecule has 1 aliphatic heterocycles. The van der Waals surface area contributed by atoms with Gasteiger partial charge in [0.25, 0.3) is 5.22 Å². The summed E-state index contributed by atoms with van der Waals surface area (Å²) in [5.41, 5.74) is 1.38. The van der Waals surface area contributed by atoms with Crippen molar-refractivity contribution in [3.63, 3.8) is 0 Å². The highest BCUT2D eigenvalue weighted by Crippen LogP contribution is 2.34. The lowest BCUT2D eigenvalue weighted by Gasteiger charge is -2.05. The van der Waals surface area contributed by atoms with Crippen molar-refractivity contribution in [3.05, 3.63) is 42.5 Å². The van der Waals surface area contributed by atoms with Crippen LogP contribution < -0.4 is 19.5 Å². The van der Waals surface area contributed by atoms with Gasteiger partial charge in [-0.15, -0.1) is 10.2 Å². The Hall–Kier alpha value is -3.20. The molecule has 3 aromatic rings. The number of carbonyl (C=O) groups excluding carboxylic acids is 1. The molecule has 0 saturated carbocycles. The first-order valence-corrected chi connectivity index (χ1v) is 9.00. The van der Waals surface area contributed by atoms with Crippen LogP contribution in [0.1, 0.15) is 0 Å². The monoisotopic (exact) mass is 385 g/mol. The van der Waals surface area contributed by atoms with E-state index in [1.807, 2.05) is 18.2 Å². The summed E-state index contributed by atoms with van der Waals surface area (Å²) < 4.78 is 21.3. The van der Waals surface area contributed by atoms with E-state index in [1.54, 1.807) is 31.4 Å². The van der Waals surface area contributed by atoms with Crippen LogP contribution in [0.5, 0.6) is 17.2 Å². The summed E-state index contributed by atoms with van der Waals surface area (Å²) in [4.78, 5) is 12.1. The van der Waals surface area contributed by atoms with Crippen molar-refractivity contribution < 1.29 is 23.4 Å². The topological polar surface area (TPSA) is 95.7 Å². The highest BCUT2D eigenvalue weighted by atomic mass is 32.2. The van der Waals surface area contributed by atoms with Crippen molar-refractivity contribution in [2.75, 3.05) is 25.0 Å². The Bertz CT molecular complexity index is 975. The molecule has 2 aromatic carbocycles. The van der Waals surface area contributed by atoms with E-state index in [2.05, 4.69) is 15.5 Å². The summed E-state index contributed by atoms with van der Waals surface area (Å²) in [6.07, 6.45) is 0. The van der Waals surface area contributed by atoms with Crippen LogP contribution in [0.25, 0.3) is 11.5 Å². The van der Waals surface area contributed by atoms with Crippen LogP contribution in [0.15, 0.2) is 52.1 Å². The first-order chi connectivity index (χ1) is 13.2. The minimum Gasteiger partial charge on any atom is -0.497 e. The number of hydrogen-bond acceptors (Lipinski definition) is 8. The number of methoxy groups -OCH3 is 1. The van der Waals surface area contributed by atoms with Gasteiger partial charge in [0.2, 0.25) is 18.6 Å². The van der Waals surface area contributed by atoms with Gasteiger partial charge < -0.3 is 23.9 Å². The third-order valence-electron chi connectivity index (χ3n) is 3.71. The fourth-order valence-electron chi connectivity index (χ4n) is 2.44. The highest BCUT2D eigenvalue weighted by Gasteiger charge is 2.15. The number of ether oxygens (including phenoxy) is 3. The van der Waals surface area contributed by atoms with Gasteiger partial charge in [-0.05, 0) is 30.3 Å². The number of nitrogens with zero attached hydrogens (tertiary/aromatic N) is 2. The van der Waals surface area contributed by atoms with E-state index in [1.165, 1.54) is 0 Å². The summed E-state index contributed by atoms with van der Waals surface area (Å²) in [6.45, 7) is 0.190. The Morgan fingerprint density at radius 3 is 2.96 bits per heavy atom. The number of carbonyl (C=O) groups is 1. The molecular formula is C18H15N3O5S. The van der Waals surface area contributed by atoms with E-state index in [4.69, 9.17) is 18.6 Å². The normalized spacial score (nSPS) is 12.0. The van der Waals surface area contributed by atoms with E-state index < -0.39 is 0 Å². The Balaban J connectivity index is 1.35. The lowest BCUT2D eigenvalue weighted by molar-refractivity contribution is -0.113. The number of rotatable bonds is 6. The van der Waals surface area contributed by atoms with Gasteiger partial charge in [-0.1, -0.05) is 17.8 Å². The zero-order chi connectivity index (χ0) is 18.6. The van der Waals surface area contributed by atoms with Gasteiger partial charge in [-0.25, -0.2) is 0 Å². The maximum absolute atomic E-state index is 12.1. The number of fused-ring (bicyclic) bond motifs is 1. The van der Waals surface area contributed by atoms with Crippen molar-refractivity contribution in [1.29, 1.82) is 0 Å². The third-order valence-corrected chi connectivity index (χ3v) is 4.52. The molecule has 0 fully saturated rings. The van der Waals surface area contributed by atoms with Crippen LogP contribution >= 0.6 is 11.8 Å². The van der Waals surface area contributed by atoms with Crippen molar-refractivity contribution >= 4 is 23.4 Å². The maximum Gasteiger partial charge on any atom is 0.277 e. The first kappa shape index (κ1) is 17.2. The number of benzene rings is 2. The molecule has 1 aromatic heterocycles. The SMILES string of the molecule is COc1cccc(-c2nnc(SCC(=O)Nc3ccc4c(c3)OCO4)o2)c1. The molecule has 1 aliphatic rings. The molecular weight excluding hydrogens is 370 g/mol. The Labute approximate surface area is 158 Å². The molecule has 0 spiro atoms. The number of nitrogens with one attached hydrogen (secondary N) is 1. The third kappa shape index (κ3) is 3.98. The molecule has 0 radical (unpaired) electrons. The molecule has 2 heterocycles. The number of hydrogen-bond donors (Lipinski definition) is 1. The molecule has 0 unspecified atom stereocenters. The van der Waals surface area contributed by atoms with Crippen LogP contribution in [0.4, 0.5) is 5.69 Å². The Kier molecular flexibility index (Phi) is 4.84. The second kappa shape index (κ2) is 7.58. The maximum atomic E-state index is 12.1. The molecule has 1 amide bonds. The van der Waals surface area contributed by atoms with Gasteiger partial charge in [0.1, 0.15) is 5.75 Å². The average molecular weight is 385 g/mol. The van der Waals surface area contributed by atoms with Gasteiger partial charge in [0.05, 0.1) is 12.9 Å².